The number of aromatic amines is 2. The molecule has 5 heteroatoms. The van der Waals surface area contributed by atoms with Crippen LogP contribution in [0.15, 0.2) is 23.0 Å². The molecule has 2 heterocycles. The van der Waals surface area contributed by atoms with Gasteiger partial charge in [0.2, 0.25) is 0 Å². The molecule has 1 aromatic carbocycles. The molecule has 0 saturated carbocycles. The maximum atomic E-state index is 11.2. The van der Waals surface area contributed by atoms with Gasteiger partial charge in [0.05, 0.1) is 11.0 Å². The van der Waals surface area contributed by atoms with Crippen molar-refractivity contribution in [3.8, 4) is 0 Å². The van der Waals surface area contributed by atoms with E-state index in [1.165, 1.54) is 6.42 Å². The highest BCUT2D eigenvalue weighted by molar-refractivity contribution is 8.00. The highest BCUT2D eigenvalue weighted by Crippen LogP contribution is 2.28. The molecule has 2 aromatic rings. The van der Waals surface area contributed by atoms with Crippen LogP contribution >= 0.6 is 11.8 Å². The fraction of sp³-hybridized carbons (Fsp3) is 0.417. The molecule has 0 amide bonds. The van der Waals surface area contributed by atoms with Crippen molar-refractivity contribution in [2.24, 2.45) is 0 Å². The maximum absolute atomic E-state index is 11.2. The fourth-order valence-corrected chi connectivity index (χ4v) is 3.42. The zero-order valence-corrected chi connectivity index (χ0v) is 10.4. The van der Waals surface area contributed by atoms with Crippen molar-refractivity contribution in [2.75, 3.05) is 11.1 Å². The highest BCUT2D eigenvalue weighted by Gasteiger charge is 2.21. The van der Waals surface area contributed by atoms with Gasteiger partial charge in [-0.25, -0.2) is 4.79 Å². The normalized spacial score (nSPS) is 24.3. The Hall–Kier alpha value is -1.36. The second kappa shape index (κ2) is 4.14. The van der Waals surface area contributed by atoms with Crippen LogP contribution in [0.1, 0.15) is 13.3 Å². The second-order valence-corrected chi connectivity index (χ2v) is 6.03. The lowest BCUT2D eigenvalue weighted by Crippen LogP contribution is -2.18. The molecule has 4 nitrogen and oxygen atoms in total. The number of H-pyrrole nitrogens is 2. The van der Waals surface area contributed by atoms with Crippen molar-refractivity contribution < 1.29 is 0 Å². The first-order valence-electron chi connectivity index (χ1n) is 5.81. The molecule has 1 aliphatic heterocycles. The van der Waals surface area contributed by atoms with Gasteiger partial charge >= 0.3 is 5.69 Å². The lowest BCUT2D eigenvalue weighted by atomic mass is 10.2. The van der Waals surface area contributed by atoms with Crippen molar-refractivity contribution in [2.45, 2.75) is 24.6 Å². The molecule has 1 aromatic heterocycles. The first kappa shape index (κ1) is 10.8. The Labute approximate surface area is 103 Å². The summed E-state index contributed by atoms with van der Waals surface area (Å²) in [4.78, 5) is 16.7. The quantitative estimate of drug-likeness (QED) is 0.764. The van der Waals surface area contributed by atoms with Crippen molar-refractivity contribution in [1.29, 1.82) is 0 Å². The maximum Gasteiger partial charge on any atom is 0.323 e. The topological polar surface area (TPSA) is 60.7 Å². The van der Waals surface area contributed by atoms with E-state index in [4.69, 9.17) is 0 Å². The van der Waals surface area contributed by atoms with E-state index < -0.39 is 0 Å². The van der Waals surface area contributed by atoms with E-state index in [2.05, 4.69) is 22.2 Å². The van der Waals surface area contributed by atoms with Crippen LogP contribution in [0, 0.1) is 0 Å². The minimum absolute atomic E-state index is 0.151. The fourth-order valence-electron chi connectivity index (χ4n) is 2.28. The minimum Gasteiger partial charge on any atom is -0.381 e. The third-order valence-corrected chi connectivity index (χ3v) is 4.44. The molecule has 1 saturated heterocycles. The molecule has 1 aliphatic rings. The molecular formula is C12H15N3OS. The first-order chi connectivity index (χ1) is 8.20. The Kier molecular flexibility index (Phi) is 2.63. The van der Waals surface area contributed by atoms with E-state index in [1.807, 2.05) is 30.0 Å². The molecular weight excluding hydrogens is 234 g/mol. The SMILES string of the molecule is CC1CC(Nc2ccc3[nH]c(=O)[nH]c3c2)CS1. The van der Waals surface area contributed by atoms with Gasteiger partial charge in [0.15, 0.2) is 0 Å². The number of aromatic nitrogens is 2. The first-order valence-corrected chi connectivity index (χ1v) is 6.86. The number of nitrogens with one attached hydrogen (secondary N) is 3. The minimum atomic E-state index is -0.151. The monoisotopic (exact) mass is 249 g/mol. The number of hydrogen-bond donors (Lipinski definition) is 3. The Morgan fingerprint density at radius 1 is 1.35 bits per heavy atom. The van der Waals surface area contributed by atoms with E-state index in [-0.39, 0.29) is 5.69 Å². The lowest BCUT2D eigenvalue weighted by molar-refractivity contribution is 0.747. The standard InChI is InChI=1S/C12H15N3OS/c1-7-4-9(6-17-7)13-8-2-3-10-11(5-8)15-12(16)14-10/h2-3,5,7,9,13H,4,6H2,1H3,(H2,14,15,16). The van der Waals surface area contributed by atoms with Gasteiger partial charge in [-0.2, -0.15) is 11.8 Å². The highest BCUT2D eigenvalue weighted by atomic mass is 32.2. The van der Waals surface area contributed by atoms with Gasteiger partial charge in [-0.1, -0.05) is 6.92 Å². The van der Waals surface area contributed by atoms with Gasteiger partial charge < -0.3 is 15.3 Å². The number of fused-ring (bicyclic) bond motifs is 1. The second-order valence-electron chi connectivity index (χ2n) is 4.56. The summed E-state index contributed by atoms with van der Waals surface area (Å²) < 4.78 is 0. The summed E-state index contributed by atoms with van der Waals surface area (Å²) in [5.74, 6) is 1.16. The Morgan fingerprint density at radius 3 is 2.94 bits per heavy atom. The van der Waals surface area contributed by atoms with Gasteiger partial charge in [0, 0.05) is 22.7 Å². The Balaban J connectivity index is 1.83. The predicted molar refractivity (Wildman–Crippen MR) is 72.9 cm³/mol. The van der Waals surface area contributed by atoms with Crippen molar-refractivity contribution in [1.82, 2.24) is 9.97 Å². The number of hydrogen-bond acceptors (Lipinski definition) is 3. The van der Waals surface area contributed by atoms with Gasteiger partial charge in [0.1, 0.15) is 0 Å². The zero-order valence-electron chi connectivity index (χ0n) is 9.62. The van der Waals surface area contributed by atoms with Crippen molar-refractivity contribution >= 4 is 28.5 Å². The summed E-state index contributed by atoms with van der Waals surface area (Å²) >= 11 is 2.01. The van der Waals surface area contributed by atoms with E-state index >= 15 is 0 Å². The third-order valence-electron chi connectivity index (χ3n) is 3.09. The van der Waals surface area contributed by atoms with Crippen LogP contribution in [0.2, 0.25) is 0 Å². The molecule has 0 bridgehead atoms. The van der Waals surface area contributed by atoms with Crippen LogP contribution in [0.25, 0.3) is 11.0 Å². The molecule has 3 N–H and O–H groups in total. The summed E-state index contributed by atoms with van der Waals surface area (Å²) in [5, 5.41) is 4.26. The van der Waals surface area contributed by atoms with Crippen LogP contribution in [-0.4, -0.2) is 27.0 Å². The van der Waals surface area contributed by atoms with E-state index in [9.17, 15) is 4.79 Å². The summed E-state index contributed by atoms with van der Waals surface area (Å²) in [6, 6.07) is 6.47. The Morgan fingerprint density at radius 2 is 2.18 bits per heavy atom. The van der Waals surface area contributed by atoms with Crippen molar-refractivity contribution in [3.63, 3.8) is 0 Å². The molecule has 2 atom stereocenters. The molecule has 0 spiro atoms. The zero-order chi connectivity index (χ0) is 11.8. The summed E-state index contributed by atoms with van der Waals surface area (Å²) in [6.45, 7) is 2.26. The van der Waals surface area contributed by atoms with Crippen LogP contribution in [0.5, 0.6) is 0 Å². The molecule has 3 rings (SSSR count). The summed E-state index contributed by atoms with van der Waals surface area (Å²) in [6.07, 6.45) is 1.20. The van der Waals surface area contributed by atoms with Gasteiger partial charge in [0.25, 0.3) is 0 Å². The van der Waals surface area contributed by atoms with Crippen molar-refractivity contribution in [3.05, 3.63) is 28.7 Å². The predicted octanol–water partition coefficient (Wildman–Crippen LogP) is 2.16. The molecule has 2 unspecified atom stereocenters. The third kappa shape index (κ3) is 2.20. The molecule has 1 fully saturated rings. The molecule has 0 radical (unpaired) electrons. The van der Waals surface area contributed by atoms with E-state index in [0.717, 1.165) is 27.7 Å². The number of thioether (sulfide) groups is 1. The van der Waals surface area contributed by atoms with Gasteiger partial charge in [-0.05, 0) is 24.6 Å². The average molecular weight is 249 g/mol. The van der Waals surface area contributed by atoms with Crippen LogP contribution < -0.4 is 11.0 Å². The largest absolute Gasteiger partial charge is 0.381 e. The molecule has 17 heavy (non-hydrogen) atoms. The summed E-state index contributed by atoms with van der Waals surface area (Å²) in [5.41, 5.74) is 2.64. The van der Waals surface area contributed by atoms with E-state index in [0.29, 0.717) is 6.04 Å². The Bertz CT molecular complexity index is 589. The average Bonchev–Trinajstić information content (AvgIpc) is 2.83. The molecule has 90 valence electrons. The van der Waals surface area contributed by atoms with Gasteiger partial charge in [-0.15, -0.1) is 0 Å². The number of rotatable bonds is 2. The number of imidazole rings is 1. The summed E-state index contributed by atoms with van der Waals surface area (Å²) in [7, 11) is 0. The number of anilines is 1. The van der Waals surface area contributed by atoms with Crippen LogP contribution in [0.3, 0.4) is 0 Å². The van der Waals surface area contributed by atoms with Crippen LogP contribution in [0.4, 0.5) is 5.69 Å². The lowest BCUT2D eigenvalue weighted by Gasteiger charge is -2.12. The van der Waals surface area contributed by atoms with E-state index in [1.54, 1.807) is 0 Å². The number of benzene rings is 1. The van der Waals surface area contributed by atoms with Crippen LogP contribution in [-0.2, 0) is 0 Å². The molecule has 0 aliphatic carbocycles. The van der Waals surface area contributed by atoms with Gasteiger partial charge in [-0.3, -0.25) is 0 Å². The smallest absolute Gasteiger partial charge is 0.323 e.